The zero-order valence-corrected chi connectivity index (χ0v) is 22.0. The van der Waals surface area contributed by atoms with Gasteiger partial charge in [0.2, 0.25) is 10.0 Å². The molecule has 1 aliphatic heterocycles. The van der Waals surface area contributed by atoms with Crippen LogP contribution in [0.5, 0.6) is 0 Å². The van der Waals surface area contributed by atoms with Crippen molar-refractivity contribution in [3.8, 4) is 0 Å². The third-order valence-corrected chi connectivity index (χ3v) is 8.48. The highest BCUT2D eigenvalue weighted by molar-refractivity contribution is 7.93. The summed E-state index contributed by atoms with van der Waals surface area (Å²) in [7, 11) is -3.92. The lowest BCUT2D eigenvalue weighted by Gasteiger charge is -2.38. The number of alkyl halides is 3. The van der Waals surface area contributed by atoms with Crippen molar-refractivity contribution < 1.29 is 26.4 Å². The first-order valence-electron chi connectivity index (χ1n) is 11.6. The molecule has 0 atom stereocenters. The number of carbonyl (C=O) groups excluding carboxylic acids is 1. The Hall–Kier alpha value is -3.82. The van der Waals surface area contributed by atoms with Crippen LogP contribution in [0.3, 0.4) is 0 Å². The van der Waals surface area contributed by atoms with Gasteiger partial charge < -0.3 is 10.6 Å². The number of aromatic nitrogens is 3. The number of hydrogen-bond donors (Lipinski definition) is 3. The predicted octanol–water partition coefficient (Wildman–Crippen LogP) is 4.38. The van der Waals surface area contributed by atoms with Crippen molar-refractivity contribution in [1.29, 1.82) is 0 Å². The summed E-state index contributed by atoms with van der Waals surface area (Å²) in [5, 5.41) is 5.32. The van der Waals surface area contributed by atoms with Crippen LogP contribution in [0.25, 0.3) is 11.0 Å². The molecule has 1 amide bonds. The lowest BCUT2D eigenvalue weighted by Crippen LogP contribution is -2.58. The van der Waals surface area contributed by atoms with Crippen molar-refractivity contribution in [2.24, 2.45) is 0 Å². The number of amides is 1. The Morgan fingerprint density at radius 3 is 2.56 bits per heavy atom. The lowest BCUT2D eigenvalue weighted by molar-refractivity contribution is -0.152. The first-order valence-corrected chi connectivity index (χ1v) is 14.0. The predicted molar refractivity (Wildman–Crippen MR) is 143 cm³/mol. The standard InChI is InChI=1S/C24H22F3N7O3S2/c1-14-21(23(38-32-14)31-20-10-28-18-7-2-3-8-19(18)30-20)22(35)29-15-5-4-6-16(9-15)33-39(36,37)17-11-34(12-17)13-24(25,26)27/h2-10,17,33H,11-13H2,1H3,(H,29,35)(H,30,31). The molecule has 0 radical (unpaired) electrons. The summed E-state index contributed by atoms with van der Waals surface area (Å²) in [6.45, 7) is 0.107. The fourth-order valence-corrected chi connectivity index (χ4v) is 6.30. The second kappa shape index (κ2) is 10.4. The van der Waals surface area contributed by atoms with E-state index in [9.17, 15) is 26.4 Å². The zero-order valence-electron chi connectivity index (χ0n) is 20.4. The van der Waals surface area contributed by atoms with Crippen LogP contribution in [0.1, 0.15) is 16.1 Å². The molecule has 2 aromatic carbocycles. The number of hydrogen-bond acceptors (Lipinski definition) is 9. The van der Waals surface area contributed by atoms with Crippen molar-refractivity contribution in [2.45, 2.75) is 18.3 Å². The molecule has 5 rings (SSSR count). The number of rotatable bonds is 8. The van der Waals surface area contributed by atoms with Crippen LogP contribution < -0.4 is 15.4 Å². The van der Waals surface area contributed by atoms with Gasteiger partial charge in [-0.25, -0.2) is 13.4 Å². The van der Waals surface area contributed by atoms with Gasteiger partial charge in [-0.2, -0.15) is 17.5 Å². The summed E-state index contributed by atoms with van der Waals surface area (Å²) in [5.41, 5.74) is 2.68. The molecular formula is C24H22F3N7O3S2. The molecule has 10 nitrogen and oxygen atoms in total. The van der Waals surface area contributed by atoms with Gasteiger partial charge >= 0.3 is 6.18 Å². The molecule has 4 aromatic rings. The number of nitrogens with zero attached hydrogens (tertiary/aromatic N) is 4. The molecular weight excluding hydrogens is 555 g/mol. The van der Waals surface area contributed by atoms with Gasteiger partial charge in [0.1, 0.15) is 16.1 Å². The van der Waals surface area contributed by atoms with Gasteiger partial charge in [0, 0.05) is 18.8 Å². The van der Waals surface area contributed by atoms with Gasteiger partial charge in [-0.1, -0.05) is 18.2 Å². The molecule has 1 saturated heterocycles. The summed E-state index contributed by atoms with van der Waals surface area (Å²) < 4.78 is 69.4. The van der Waals surface area contributed by atoms with E-state index in [0.717, 1.165) is 21.9 Å². The maximum absolute atomic E-state index is 13.2. The van der Waals surface area contributed by atoms with Gasteiger partial charge in [0.25, 0.3) is 5.91 Å². The van der Waals surface area contributed by atoms with E-state index < -0.39 is 33.9 Å². The highest BCUT2D eigenvalue weighted by Crippen LogP contribution is 2.30. The van der Waals surface area contributed by atoms with E-state index in [4.69, 9.17) is 0 Å². The smallest absolute Gasteiger partial charge is 0.329 e. The Labute approximate surface area is 225 Å². The number of nitrogens with one attached hydrogen (secondary N) is 3. The van der Waals surface area contributed by atoms with Gasteiger partial charge in [0.15, 0.2) is 0 Å². The molecule has 0 saturated carbocycles. The third-order valence-electron chi connectivity index (χ3n) is 5.93. The van der Waals surface area contributed by atoms with E-state index in [1.165, 1.54) is 12.1 Å². The van der Waals surface area contributed by atoms with Gasteiger partial charge in [0.05, 0.1) is 40.7 Å². The topological polar surface area (TPSA) is 129 Å². The van der Waals surface area contributed by atoms with Gasteiger partial charge in [-0.3, -0.25) is 19.4 Å². The van der Waals surface area contributed by atoms with Crippen LogP contribution in [-0.4, -0.2) is 64.6 Å². The van der Waals surface area contributed by atoms with Crippen LogP contribution in [-0.2, 0) is 10.0 Å². The van der Waals surface area contributed by atoms with E-state index >= 15 is 0 Å². The highest BCUT2D eigenvalue weighted by atomic mass is 32.2. The van der Waals surface area contributed by atoms with E-state index in [0.29, 0.717) is 33.3 Å². The maximum Gasteiger partial charge on any atom is 0.401 e. The van der Waals surface area contributed by atoms with Crippen LogP contribution >= 0.6 is 11.5 Å². The maximum atomic E-state index is 13.2. The Kier molecular flexibility index (Phi) is 7.13. The Morgan fingerprint density at radius 1 is 1.10 bits per heavy atom. The molecule has 3 N–H and O–H groups in total. The quantitative estimate of drug-likeness (QED) is 0.282. The largest absolute Gasteiger partial charge is 0.401 e. The van der Waals surface area contributed by atoms with E-state index in [2.05, 4.69) is 29.7 Å². The van der Waals surface area contributed by atoms with E-state index in [-0.39, 0.29) is 18.8 Å². The molecule has 1 fully saturated rings. The average molecular weight is 578 g/mol. The Morgan fingerprint density at radius 2 is 1.82 bits per heavy atom. The van der Waals surface area contributed by atoms with Crippen molar-refractivity contribution in [1.82, 2.24) is 19.2 Å². The zero-order chi connectivity index (χ0) is 27.8. The molecule has 15 heteroatoms. The number of anilines is 4. The van der Waals surface area contributed by atoms with Gasteiger partial charge in [-0.15, -0.1) is 0 Å². The number of sulfonamides is 1. The van der Waals surface area contributed by atoms with Crippen molar-refractivity contribution in [2.75, 3.05) is 35.0 Å². The molecule has 0 aliphatic carbocycles. The second-order valence-electron chi connectivity index (χ2n) is 8.95. The molecule has 0 unspecified atom stereocenters. The molecule has 1 aliphatic rings. The summed E-state index contributed by atoms with van der Waals surface area (Å²) in [4.78, 5) is 23.1. The number of carbonyl (C=O) groups is 1. The molecule has 2 aromatic heterocycles. The molecule has 39 heavy (non-hydrogen) atoms. The summed E-state index contributed by atoms with van der Waals surface area (Å²) >= 11 is 1.09. The molecule has 0 bridgehead atoms. The minimum absolute atomic E-state index is 0.173. The number of fused-ring (bicyclic) bond motifs is 1. The minimum Gasteiger partial charge on any atom is -0.329 e. The van der Waals surface area contributed by atoms with Crippen LogP contribution in [0.2, 0.25) is 0 Å². The number of benzene rings is 2. The van der Waals surface area contributed by atoms with Crippen LogP contribution in [0.15, 0.2) is 54.7 Å². The van der Waals surface area contributed by atoms with Crippen molar-refractivity contribution in [3.05, 3.63) is 66.0 Å². The molecule has 204 valence electrons. The fraction of sp³-hybridized carbons (Fsp3) is 0.250. The number of aryl methyl sites for hydroxylation is 1. The normalized spacial score (nSPS) is 14.7. The first-order chi connectivity index (χ1) is 18.5. The number of para-hydroxylation sites is 2. The van der Waals surface area contributed by atoms with Crippen molar-refractivity contribution >= 4 is 60.7 Å². The number of likely N-dealkylation sites (tertiary alicyclic amines) is 1. The van der Waals surface area contributed by atoms with Crippen LogP contribution in [0, 0.1) is 6.92 Å². The Balaban J connectivity index is 1.26. The summed E-state index contributed by atoms with van der Waals surface area (Å²) in [5.74, 6) is -0.0353. The summed E-state index contributed by atoms with van der Waals surface area (Å²) in [6, 6.07) is 13.4. The highest BCUT2D eigenvalue weighted by Gasteiger charge is 2.42. The van der Waals surface area contributed by atoms with Gasteiger partial charge in [-0.05, 0) is 48.8 Å². The average Bonchev–Trinajstić information content (AvgIpc) is 3.20. The first kappa shape index (κ1) is 26.8. The SMILES string of the molecule is Cc1nsc(Nc2cnc3ccccc3n2)c1C(=O)Nc1cccc(NS(=O)(=O)C2CN(CC(F)(F)F)C2)c1. The molecule has 0 spiro atoms. The number of halogens is 3. The Bertz CT molecular complexity index is 1640. The van der Waals surface area contributed by atoms with Crippen LogP contribution in [0.4, 0.5) is 35.4 Å². The fourth-order valence-electron chi connectivity index (χ4n) is 4.06. The third kappa shape index (κ3) is 6.26. The van der Waals surface area contributed by atoms with Crippen molar-refractivity contribution in [3.63, 3.8) is 0 Å². The minimum atomic E-state index is -4.39. The molecule has 3 heterocycles. The lowest BCUT2D eigenvalue weighted by atomic mass is 10.2. The summed E-state index contributed by atoms with van der Waals surface area (Å²) in [6.07, 6.45) is -2.83. The monoisotopic (exact) mass is 577 g/mol. The second-order valence-corrected chi connectivity index (χ2v) is 11.7. The van der Waals surface area contributed by atoms with E-state index in [1.54, 1.807) is 25.3 Å². The van der Waals surface area contributed by atoms with E-state index in [1.807, 2.05) is 24.3 Å².